The van der Waals surface area contributed by atoms with E-state index >= 15 is 0 Å². The zero-order chi connectivity index (χ0) is 13.3. The fourth-order valence-electron chi connectivity index (χ4n) is 2.14. The Labute approximate surface area is 115 Å². The molecule has 1 atom stereocenters. The van der Waals surface area contributed by atoms with Gasteiger partial charge >= 0.3 is 0 Å². The molecule has 0 amide bonds. The summed E-state index contributed by atoms with van der Waals surface area (Å²) in [6.07, 6.45) is 0. The van der Waals surface area contributed by atoms with Crippen molar-refractivity contribution in [1.82, 2.24) is 4.90 Å². The molecule has 1 heterocycles. The lowest BCUT2D eigenvalue weighted by Gasteiger charge is -2.33. The van der Waals surface area contributed by atoms with Crippen molar-refractivity contribution in [3.63, 3.8) is 0 Å². The zero-order valence-electron chi connectivity index (χ0n) is 10.1. The van der Waals surface area contributed by atoms with Crippen molar-refractivity contribution in [2.45, 2.75) is 19.5 Å². The molecule has 1 aromatic carbocycles. The molecule has 1 fully saturated rings. The van der Waals surface area contributed by atoms with Gasteiger partial charge in [-0.25, -0.2) is 12.8 Å². The van der Waals surface area contributed by atoms with Gasteiger partial charge in [0.25, 0.3) is 0 Å². The lowest BCUT2D eigenvalue weighted by Crippen LogP contribution is -2.46. The largest absolute Gasteiger partial charge is 0.294 e. The minimum Gasteiger partial charge on any atom is -0.294 e. The monoisotopic (exact) mass is 335 g/mol. The molecule has 1 aromatic rings. The van der Waals surface area contributed by atoms with Gasteiger partial charge in [0, 0.05) is 19.1 Å². The van der Waals surface area contributed by atoms with Gasteiger partial charge in [0.05, 0.1) is 16.0 Å². The van der Waals surface area contributed by atoms with Crippen LogP contribution in [0.2, 0.25) is 0 Å². The number of hydrogen-bond donors (Lipinski definition) is 0. The van der Waals surface area contributed by atoms with E-state index in [1.807, 2.05) is 13.0 Å². The van der Waals surface area contributed by atoms with Crippen molar-refractivity contribution in [1.29, 1.82) is 0 Å². The van der Waals surface area contributed by atoms with Crippen LogP contribution < -0.4 is 0 Å². The van der Waals surface area contributed by atoms with Gasteiger partial charge in [-0.3, -0.25) is 4.90 Å². The summed E-state index contributed by atoms with van der Waals surface area (Å²) in [6.45, 7) is 2.99. The van der Waals surface area contributed by atoms with E-state index in [0.717, 1.165) is 5.56 Å². The minimum absolute atomic E-state index is 0.0181. The van der Waals surface area contributed by atoms with Gasteiger partial charge < -0.3 is 0 Å². The number of hydrogen-bond acceptors (Lipinski definition) is 3. The van der Waals surface area contributed by atoms with Crippen LogP contribution in [0.5, 0.6) is 0 Å². The normalized spacial score (nSPS) is 24.1. The summed E-state index contributed by atoms with van der Waals surface area (Å²) in [5, 5.41) is 0. The third kappa shape index (κ3) is 3.30. The standard InChI is InChI=1S/C12H15BrFNO2S/c1-9-8-18(16,17)5-4-15(9)7-10-2-3-11(13)12(14)6-10/h2-3,6,9H,4-5,7-8H2,1H3. The Bertz CT molecular complexity index is 547. The van der Waals surface area contributed by atoms with Gasteiger partial charge in [-0.2, -0.15) is 0 Å². The molecule has 1 unspecified atom stereocenters. The molecule has 6 heteroatoms. The first-order valence-electron chi connectivity index (χ1n) is 5.76. The van der Waals surface area contributed by atoms with Gasteiger partial charge in [0.15, 0.2) is 9.84 Å². The average Bonchev–Trinajstić information content (AvgIpc) is 2.27. The molecule has 0 aliphatic carbocycles. The number of halogens is 2. The fourth-order valence-corrected chi connectivity index (χ4v) is 4.01. The molecule has 18 heavy (non-hydrogen) atoms. The quantitative estimate of drug-likeness (QED) is 0.831. The number of benzene rings is 1. The van der Waals surface area contributed by atoms with Crippen LogP contribution in [-0.4, -0.2) is 37.4 Å². The molecule has 0 saturated carbocycles. The van der Waals surface area contributed by atoms with Crippen LogP contribution in [0.15, 0.2) is 22.7 Å². The van der Waals surface area contributed by atoms with E-state index in [2.05, 4.69) is 20.8 Å². The van der Waals surface area contributed by atoms with Crippen LogP contribution >= 0.6 is 15.9 Å². The Morgan fingerprint density at radius 1 is 1.50 bits per heavy atom. The van der Waals surface area contributed by atoms with Crippen LogP contribution in [0.25, 0.3) is 0 Å². The van der Waals surface area contributed by atoms with E-state index in [1.54, 1.807) is 6.07 Å². The van der Waals surface area contributed by atoms with Crippen LogP contribution in [0.1, 0.15) is 12.5 Å². The van der Waals surface area contributed by atoms with Crippen LogP contribution in [-0.2, 0) is 16.4 Å². The number of sulfone groups is 1. The van der Waals surface area contributed by atoms with Crippen LogP contribution in [0.3, 0.4) is 0 Å². The van der Waals surface area contributed by atoms with Gasteiger partial charge in [-0.1, -0.05) is 6.07 Å². The first-order valence-corrected chi connectivity index (χ1v) is 8.37. The second-order valence-corrected chi connectivity index (χ2v) is 7.77. The maximum absolute atomic E-state index is 13.4. The smallest absolute Gasteiger partial charge is 0.153 e. The highest BCUT2D eigenvalue weighted by molar-refractivity contribution is 9.10. The van der Waals surface area contributed by atoms with E-state index in [0.29, 0.717) is 17.6 Å². The topological polar surface area (TPSA) is 37.4 Å². The van der Waals surface area contributed by atoms with Gasteiger partial charge in [-0.05, 0) is 40.5 Å². The summed E-state index contributed by atoms with van der Waals surface area (Å²) in [5.74, 6) is 0.0901. The molecule has 0 N–H and O–H groups in total. The van der Waals surface area contributed by atoms with E-state index < -0.39 is 9.84 Å². The van der Waals surface area contributed by atoms with Crippen molar-refractivity contribution in [3.05, 3.63) is 34.1 Å². The molecule has 0 aromatic heterocycles. The summed E-state index contributed by atoms with van der Waals surface area (Å²) >= 11 is 3.11. The van der Waals surface area contributed by atoms with Crippen molar-refractivity contribution >= 4 is 25.8 Å². The van der Waals surface area contributed by atoms with Crippen molar-refractivity contribution < 1.29 is 12.8 Å². The maximum atomic E-state index is 13.4. The van der Waals surface area contributed by atoms with Crippen LogP contribution in [0, 0.1) is 5.82 Å². The van der Waals surface area contributed by atoms with E-state index in [4.69, 9.17) is 0 Å². The molecule has 100 valence electrons. The second kappa shape index (κ2) is 5.27. The maximum Gasteiger partial charge on any atom is 0.153 e. The van der Waals surface area contributed by atoms with Gasteiger partial charge in [0.2, 0.25) is 0 Å². The Balaban J connectivity index is 2.08. The summed E-state index contributed by atoms with van der Waals surface area (Å²) in [5.41, 5.74) is 0.863. The third-order valence-corrected chi connectivity index (χ3v) is 5.62. The molecule has 1 aliphatic rings. The SMILES string of the molecule is CC1CS(=O)(=O)CCN1Cc1ccc(Br)c(F)c1. The highest BCUT2D eigenvalue weighted by Gasteiger charge is 2.27. The Hall–Kier alpha value is -0.460. The molecule has 0 bridgehead atoms. The Morgan fingerprint density at radius 3 is 2.83 bits per heavy atom. The molecule has 1 saturated heterocycles. The van der Waals surface area contributed by atoms with Crippen molar-refractivity contribution in [2.75, 3.05) is 18.1 Å². The van der Waals surface area contributed by atoms with Crippen LogP contribution in [0.4, 0.5) is 4.39 Å². The van der Waals surface area contributed by atoms with E-state index in [1.165, 1.54) is 6.07 Å². The fraction of sp³-hybridized carbons (Fsp3) is 0.500. The first kappa shape index (κ1) is 14.0. The van der Waals surface area contributed by atoms with E-state index in [-0.39, 0.29) is 23.4 Å². The Kier molecular flexibility index (Phi) is 4.08. The summed E-state index contributed by atoms with van der Waals surface area (Å²) in [4.78, 5) is 2.07. The number of rotatable bonds is 2. The molecular weight excluding hydrogens is 321 g/mol. The average molecular weight is 336 g/mol. The van der Waals surface area contributed by atoms with Gasteiger partial charge in [-0.15, -0.1) is 0 Å². The molecule has 2 rings (SSSR count). The second-order valence-electron chi connectivity index (χ2n) is 4.68. The minimum atomic E-state index is -2.90. The number of nitrogens with zero attached hydrogens (tertiary/aromatic N) is 1. The molecule has 0 spiro atoms. The molecule has 0 radical (unpaired) electrons. The van der Waals surface area contributed by atoms with Gasteiger partial charge in [0.1, 0.15) is 5.82 Å². The lowest BCUT2D eigenvalue weighted by atomic mass is 10.2. The molecular formula is C12H15BrFNO2S. The molecule has 1 aliphatic heterocycles. The summed E-state index contributed by atoms with van der Waals surface area (Å²) in [7, 11) is -2.90. The highest BCUT2D eigenvalue weighted by atomic mass is 79.9. The Morgan fingerprint density at radius 2 is 2.22 bits per heavy atom. The predicted octanol–water partition coefficient (Wildman–Crippen LogP) is 2.21. The summed E-state index contributed by atoms with van der Waals surface area (Å²) < 4.78 is 36.8. The molecule has 3 nitrogen and oxygen atoms in total. The third-order valence-electron chi connectivity index (χ3n) is 3.18. The highest BCUT2D eigenvalue weighted by Crippen LogP contribution is 2.19. The lowest BCUT2D eigenvalue weighted by molar-refractivity contribution is 0.218. The first-order chi connectivity index (χ1) is 8.37. The van der Waals surface area contributed by atoms with Crippen molar-refractivity contribution in [3.8, 4) is 0 Å². The summed E-state index contributed by atoms with van der Waals surface area (Å²) in [6, 6.07) is 4.99. The predicted molar refractivity (Wildman–Crippen MR) is 72.6 cm³/mol. The van der Waals surface area contributed by atoms with E-state index in [9.17, 15) is 12.8 Å². The van der Waals surface area contributed by atoms with Crippen molar-refractivity contribution in [2.24, 2.45) is 0 Å². The zero-order valence-corrected chi connectivity index (χ0v) is 12.5.